The number of piperazine rings is 2. The zero-order valence-electron chi connectivity index (χ0n) is 81.7. The number of carbonyl (C=O) groups is 2. The summed E-state index contributed by atoms with van der Waals surface area (Å²) < 4.78 is 27.6. The first-order valence-corrected chi connectivity index (χ1v) is 51.8. The summed E-state index contributed by atoms with van der Waals surface area (Å²) in [5, 5.41) is 28.8. The van der Waals surface area contributed by atoms with Gasteiger partial charge in [-0.2, -0.15) is 0 Å². The number of esters is 1. The summed E-state index contributed by atoms with van der Waals surface area (Å²) in [5.74, 6) is 0.937. The number of hydrogen-bond donors (Lipinski definition) is 3. The van der Waals surface area contributed by atoms with Crippen LogP contribution in [-0.4, -0.2) is 141 Å². The van der Waals surface area contributed by atoms with Crippen LogP contribution in [0, 0.1) is 5.41 Å². The maximum Gasteiger partial charge on any atom is 0.410 e. The van der Waals surface area contributed by atoms with Gasteiger partial charge in [-0.25, -0.2) is 4.79 Å². The summed E-state index contributed by atoms with van der Waals surface area (Å²) in [7, 11) is 0. The molecule has 0 bridgehead atoms. The zero-order chi connectivity index (χ0) is 97.3. The summed E-state index contributed by atoms with van der Waals surface area (Å²) in [6.45, 7) is 25.4. The van der Waals surface area contributed by atoms with Gasteiger partial charge in [0.2, 0.25) is 0 Å². The lowest BCUT2D eigenvalue weighted by atomic mass is 9.79. The lowest BCUT2D eigenvalue weighted by Crippen LogP contribution is -2.50. The smallest absolute Gasteiger partial charge is 0.410 e. The van der Waals surface area contributed by atoms with Crippen LogP contribution in [0.4, 0.5) is 26.2 Å². The van der Waals surface area contributed by atoms with Crippen LogP contribution in [0.5, 0.6) is 5.75 Å². The number of hydrogen-bond acceptors (Lipinski definition) is 11. The lowest BCUT2D eigenvalue weighted by molar-refractivity contribution is -0.143. The van der Waals surface area contributed by atoms with E-state index in [9.17, 15) is 29.3 Å². The fourth-order valence-corrected chi connectivity index (χ4v) is 19.2. The highest BCUT2D eigenvalue weighted by molar-refractivity contribution is 9.11. The first-order chi connectivity index (χ1) is 66.9. The van der Waals surface area contributed by atoms with Gasteiger partial charge in [0.1, 0.15) is 11.4 Å². The number of nitrogens with zero attached hydrogens (tertiary/aromatic N) is 5. The maximum atomic E-state index is 13.3. The van der Waals surface area contributed by atoms with E-state index in [1.165, 1.54) is 128 Å². The van der Waals surface area contributed by atoms with Crippen molar-refractivity contribution in [1.82, 2.24) is 9.80 Å². The molecule has 720 valence electrons. The van der Waals surface area contributed by atoms with Crippen LogP contribution in [0.25, 0.3) is 44.6 Å². The van der Waals surface area contributed by atoms with E-state index in [0.29, 0.717) is 50.1 Å². The van der Waals surface area contributed by atoms with Crippen molar-refractivity contribution < 1.29 is 38.8 Å². The van der Waals surface area contributed by atoms with Gasteiger partial charge in [0.05, 0.1) is 12.1 Å². The van der Waals surface area contributed by atoms with Crippen molar-refractivity contribution in [2.24, 2.45) is 5.41 Å². The Kier molecular flexibility index (Phi) is 39.5. The number of rotatable bonds is 30. The summed E-state index contributed by atoms with van der Waals surface area (Å²) in [4.78, 5) is 36.4. The number of alkyl halides is 1. The van der Waals surface area contributed by atoms with E-state index >= 15 is 0 Å². The van der Waals surface area contributed by atoms with Crippen LogP contribution < -0.4 is 19.4 Å². The fraction of sp³-hybridized carbons (Fsp3) is 0.328. The van der Waals surface area contributed by atoms with Crippen LogP contribution in [0.2, 0.25) is 0 Å². The Bertz CT molecular complexity index is 5900. The predicted molar refractivity (Wildman–Crippen MR) is 585 cm³/mol. The van der Waals surface area contributed by atoms with Crippen LogP contribution in [0.3, 0.4) is 0 Å². The second-order valence-corrected chi connectivity index (χ2v) is 41.1. The number of benzene rings is 12. The fourth-order valence-electron chi connectivity index (χ4n) is 18.4. The molecule has 4 fully saturated rings. The molecular formula is C122H137Br3FN5O7. The molecule has 12 aromatic carbocycles. The van der Waals surface area contributed by atoms with E-state index in [-0.39, 0.29) is 38.6 Å². The average molecular weight is 2040 g/mol. The van der Waals surface area contributed by atoms with E-state index in [4.69, 9.17) is 9.47 Å². The Labute approximate surface area is 845 Å². The Morgan fingerprint density at radius 1 is 0.348 bits per heavy atom. The lowest BCUT2D eigenvalue weighted by Gasteiger charge is -2.38. The van der Waals surface area contributed by atoms with Gasteiger partial charge in [0.15, 0.2) is 0 Å². The molecule has 0 atom stereocenters. The number of halogens is 4. The largest absolute Gasteiger partial charge is 0.444 e. The minimum Gasteiger partial charge on any atom is -0.444 e. The third-order valence-corrected chi connectivity index (χ3v) is 27.6. The quantitative estimate of drug-likeness (QED) is 0.0226. The highest BCUT2D eigenvalue weighted by Gasteiger charge is 2.30. The molecule has 1 amide bonds. The number of piperidine rings is 1. The van der Waals surface area contributed by atoms with Gasteiger partial charge < -0.3 is 44.4 Å². The second kappa shape index (κ2) is 52.3. The standard InChI is InChI=1S/C32H37BrN2O3.C32H35FO2.C30H35BrN2O.C28H30BrNO/c1-32(2,3)38-31(37)35-21-19-34(20-22-35)28-17-13-26(14-18-28)30(25-11-15-27(33)16-12-25)29(10-7-23-36)24-8-5-4-6-9-24;1-32(2,3)31(34)35-28-20-18-27(19-21-28)30(26-16-14-24(15-17-26)23-11-7-12-23)29(13-8-22-33)25-9-5-4-6-10-25;1-23(2)32-18-20-33(21-19-32)28-16-12-26(13-17-28)30(25-10-14-27(31)15-11-25)29(9-6-22-34)24-7-4-3-5-8-24;29-25-15-11-23(12-16-25)28(27(10-7-21-31)22-8-3-1-4-9-22)24-13-17-26(18-14-24)30-19-5-2-6-20-30/h4-6,8-9,11-18,36H,7,10,19-23H2,1-3H3;4-6,9-10,14-21,23H,7-8,11-13,22H2,1-3H3;3-5,7-8,10-17,23,34H,6,9,18-22H2,1-2H3;1,3-4,8-9,11-18,31H,2,5-7,10,19-21H2/b30-29-;30-29+;30-29-;28-27-. The molecule has 0 radical (unpaired) electrons. The Hall–Kier alpha value is -11.1. The summed E-state index contributed by atoms with van der Waals surface area (Å²) in [6.07, 6.45) is 13.2. The highest BCUT2D eigenvalue weighted by atomic mass is 79.9. The summed E-state index contributed by atoms with van der Waals surface area (Å²) in [6, 6.07) is 112. The number of anilines is 3. The number of carbonyl (C=O) groups excluding carboxylic acids is 2. The van der Waals surface area contributed by atoms with E-state index in [2.05, 4.69) is 348 Å². The molecule has 1 aliphatic carbocycles. The molecule has 3 heterocycles. The van der Waals surface area contributed by atoms with Crippen LogP contribution >= 0.6 is 47.8 Å². The van der Waals surface area contributed by atoms with Gasteiger partial charge in [0.25, 0.3) is 0 Å². The first-order valence-electron chi connectivity index (χ1n) is 49.5. The van der Waals surface area contributed by atoms with Gasteiger partial charge in [-0.3, -0.25) is 14.1 Å². The molecule has 16 heteroatoms. The molecule has 0 unspecified atom stereocenters. The van der Waals surface area contributed by atoms with E-state index < -0.39 is 11.0 Å². The van der Waals surface area contributed by atoms with Gasteiger partial charge in [-0.05, 0) is 347 Å². The Morgan fingerprint density at radius 3 is 0.920 bits per heavy atom. The SMILES string of the molecule is CC(C)(C)C(=O)Oc1ccc(/C(=C(\CCCF)c2ccccc2)c2ccc(C3CCC3)cc2)cc1.CC(C)(C)OC(=O)N1CCN(c2ccc(/C(=C(/CCCO)c3ccccc3)c3ccc(Br)cc3)cc2)CC1.CC(C)N1CCN(c2ccc(/C(=C(/CCCO)c3ccccc3)c3ccc(Br)cc3)cc2)CC1.OCCC/C(=C(\c1ccc(Br)cc1)c1ccc(N2CCCCC2)cc1)c1ccccc1. The van der Waals surface area contributed by atoms with E-state index in [0.717, 1.165) is 143 Å². The molecule has 3 aliphatic heterocycles. The van der Waals surface area contributed by atoms with E-state index in [1.807, 2.05) is 90.1 Å². The molecule has 4 aliphatic rings. The molecule has 3 saturated heterocycles. The third kappa shape index (κ3) is 29.8. The molecule has 16 rings (SSSR count). The zero-order valence-corrected chi connectivity index (χ0v) is 86.5. The van der Waals surface area contributed by atoms with Gasteiger partial charge in [-0.15, -0.1) is 0 Å². The monoisotopic (exact) mass is 2040 g/mol. The van der Waals surface area contributed by atoms with Gasteiger partial charge >= 0.3 is 12.1 Å². The predicted octanol–water partition coefficient (Wildman–Crippen LogP) is 29.7. The molecule has 0 aromatic heterocycles. The van der Waals surface area contributed by atoms with Crippen LogP contribution in [0.15, 0.2) is 329 Å². The maximum absolute atomic E-state index is 13.3. The number of aliphatic hydroxyl groups excluding tert-OH is 3. The van der Waals surface area contributed by atoms with Gasteiger partial charge in [-0.1, -0.05) is 285 Å². The molecular weight excluding hydrogens is 1910 g/mol. The summed E-state index contributed by atoms with van der Waals surface area (Å²) in [5.41, 5.74) is 27.7. The van der Waals surface area contributed by atoms with Crippen molar-refractivity contribution in [2.75, 3.05) is 107 Å². The normalized spacial score (nSPS) is 15.0. The molecule has 1 saturated carbocycles. The van der Waals surface area contributed by atoms with E-state index in [1.54, 1.807) is 4.90 Å². The highest BCUT2D eigenvalue weighted by Crippen LogP contribution is 2.44. The second-order valence-electron chi connectivity index (χ2n) is 38.3. The van der Waals surface area contributed by atoms with Gasteiger partial charge in [0, 0.05) is 122 Å². The molecule has 3 N–H and O–H groups in total. The van der Waals surface area contributed by atoms with Crippen molar-refractivity contribution in [3.8, 4) is 5.75 Å². The molecule has 12 nitrogen and oxygen atoms in total. The van der Waals surface area contributed by atoms with Crippen molar-refractivity contribution in [3.05, 3.63) is 401 Å². The van der Waals surface area contributed by atoms with Crippen LogP contribution in [0.1, 0.15) is 224 Å². The molecule has 0 spiro atoms. The van der Waals surface area contributed by atoms with Crippen molar-refractivity contribution in [3.63, 3.8) is 0 Å². The average Bonchev–Trinajstić information content (AvgIpc) is 0.798. The first kappa shape index (κ1) is 104. The minimum absolute atomic E-state index is 0.151. The number of aliphatic hydroxyl groups is 3. The topological polar surface area (TPSA) is 129 Å². The van der Waals surface area contributed by atoms with Crippen molar-refractivity contribution in [2.45, 2.75) is 163 Å². The third-order valence-electron chi connectivity index (χ3n) is 26.0. The van der Waals surface area contributed by atoms with Crippen LogP contribution in [-0.2, 0) is 9.53 Å². The number of allylic oxidation sites excluding steroid dienone is 4. The van der Waals surface area contributed by atoms with Crippen molar-refractivity contribution in [1.29, 1.82) is 0 Å². The Balaban J connectivity index is 0.000000156. The van der Waals surface area contributed by atoms with Crippen molar-refractivity contribution >= 4 is 121 Å². The molecule has 12 aromatic rings. The summed E-state index contributed by atoms with van der Waals surface area (Å²) >= 11 is 10.7. The minimum atomic E-state index is -0.571. The molecule has 138 heavy (non-hydrogen) atoms. The number of ether oxygens (including phenoxy) is 2. The number of amides is 1. The Morgan fingerprint density at radius 2 is 0.638 bits per heavy atom.